The van der Waals surface area contributed by atoms with Crippen molar-refractivity contribution in [1.82, 2.24) is 14.9 Å². The minimum Gasteiger partial charge on any atom is -0.354 e. The van der Waals surface area contributed by atoms with Crippen molar-refractivity contribution in [2.75, 3.05) is 49.1 Å². The van der Waals surface area contributed by atoms with Crippen LogP contribution in [0.1, 0.15) is 88.1 Å². The fraction of sp³-hybridized carbons (Fsp3) is 0.600. The third-order valence-corrected chi connectivity index (χ3v) is 7.34. The van der Waals surface area contributed by atoms with Crippen LogP contribution in [0.2, 0.25) is 0 Å². The Kier molecular flexibility index (Phi) is 8.95. The number of benzene rings is 1. The number of ketones is 1. The number of piperazine rings is 1. The maximum absolute atomic E-state index is 13.0. The van der Waals surface area contributed by atoms with Gasteiger partial charge >= 0.3 is 0 Å². The molecule has 2 aliphatic heterocycles. The van der Waals surface area contributed by atoms with Gasteiger partial charge in [0.1, 0.15) is 11.6 Å². The molecular formula is C30H43N5O2. The van der Waals surface area contributed by atoms with E-state index in [1.807, 2.05) is 29.2 Å². The van der Waals surface area contributed by atoms with Crippen LogP contribution in [-0.2, 0) is 16.6 Å². The molecule has 1 amide bonds. The molecule has 2 aromatic rings. The number of aryl methyl sites for hydroxylation is 1. The topological polar surface area (TPSA) is 69.6 Å². The highest BCUT2D eigenvalue weighted by Crippen LogP contribution is 2.27. The van der Waals surface area contributed by atoms with Gasteiger partial charge in [0.2, 0.25) is 5.91 Å². The number of hydrogen-bond acceptors (Lipinski definition) is 6. The van der Waals surface area contributed by atoms with Gasteiger partial charge in [-0.1, -0.05) is 46.2 Å². The quantitative estimate of drug-likeness (QED) is 0.469. The second-order valence-electron chi connectivity index (χ2n) is 11.4. The molecule has 3 heterocycles. The summed E-state index contributed by atoms with van der Waals surface area (Å²) < 4.78 is 0. The van der Waals surface area contributed by atoms with Crippen LogP contribution in [-0.4, -0.2) is 65.8 Å². The van der Waals surface area contributed by atoms with Crippen molar-refractivity contribution in [1.29, 1.82) is 0 Å². The first kappa shape index (κ1) is 27.2. The number of carbonyl (C=O) groups excluding carboxylic acids is 2. The van der Waals surface area contributed by atoms with Gasteiger partial charge in [0.25, 0.3) is 0 Å². The Morgan fingerprint density at radius 2 is 1.76 bits per heavy atom. The Morgan fingerprint density at radius 1 is 1.00 bits per heavy atom. The molecule has 1 aromatic carbocycles. The Morgan fingerprint density at radius 3 is 2.49 bits per heavy atom. The Balaban J connectivity index is 1.25. The molecule has 0 atom stereocenters. The summed E-state index contributed by atoms with van der Waals surface area (Å²) in [6.07, 6.45) is 5.70. The first-order chi connectivity index (χ1) is 17.8. The number of anilines is 2. The lowest BCUT2D eigenvalue weighted by Crippen LogP contribution is -2.47. The van der Waals surface area contributed by atoms with Gasteiger partial charge < -0.3 is 9.80 Å². The van der Waals surface area contributed by atoms with E-state index in [0.29, 0.717) is 24.9 Å². The van der Waals surface area contributed by atoms with Crippen molar-refractivity contribution >= 4 is 23.2 Å². The zero-order valence-corrected chi connectivity index (χ0v) is 23.1. The van der Waals surface area contributed by atoms with Crippen LogP contribution in [0, 0.1) is 0 Å². The van der Waals surface area contributed by atoms with Crippen LogP contribution in [0.15, 0.2) is 30.3 Å². The van der Waals surface area contributed by atoms with Gasteiger partial charge in [-0.25, -0.2) is 9.97 Å². The van der Waals surface area contributed by atoms with Gasteiger partial charge in [-0.3, -0.25) is 14.5 Å². The summed E-state index contributed by atoms with van der Waals surface area (Å²) in [5, 5.41) is 0. The second kappa shape index (κ2) is 12.2. The van der Waals surface area contributed by atoms with Crippen LogP contribution >= 0.6 is 0 Å². The fourth-order valence-electron chi connectivity index (χ4n) is 5.17. The number of para-hydroxylation sites is 1. The van der Waals surface area contributed by atoms with Crippen molar-refractivity contribution in [3.63, 3.8) is 0 Å². The standard InChI is InChI=1S/C30H43N5O2/c1-5-11-23-22-27(32-29(31-23)30(2,3)4)34-20-18-33(19-21-34)16-9-8-15-28(37)35-17-10-14-26(36)24-12-6-7-13-25(24)35/h6-7,12-13,22H,5,8-11,14-21H2,1-4H3. The predicted octanol–water partition coefficient (Wildman–Crippen LogP) is 5.03. The molecular weight excluding hydrogens is 462 g/mol. The summed E-state index contributed by atoms with van der Waals surface area (Å²) in [4.78, 5) is 41.9. The van der Waals surface area contributed by atoms with Crippen LogP contribution in [0.5, 0.6) is 0 Å². The molecule has 1 fully saturated rings. The molecule has 0 bridgehead atoms. The highest BCUT2D eigenvalue weighted by Gasteiger charge is 2.25. The lowest BCUT2D eigenvalue weighted by Gasteiger charge is -2.36. The highest BCUT2D eigenvalue weighted by atomic mass is 16.2. The number of amides is 1. The highest BCUT2D eigenvalue weighted by molar-refractivity contribution is 6.06. The second-order valence-corrected chi connectivity index (χ2v) is 11.4. The van der Waals surface area contributed by atoms with Crippen LogP contribution < -0.4 is 9.80 Å². The first-order valence-corrected chi connectivity index (χ1v) is 14.0. The number of hydrogen-bond donors (Lipinski definition) is 0. The van der Waals surface area contributed by atoms with E-state index < -0.39 is 0 Å². The molecule has 200 valence electrons. The summed E-state index contributed by atoms with van der Waals surface area (Å²) in [7, 11) is 0. The van der Waals surface area contributed by atoms with Gasteiger partial charge in [0.15, 0.2) is 5.78 Å². The van der Waals surface area contributed by atoms with Gasteiger partial charge in [0.05, 0.1) is 5.69 Å². The number of unbranched alkanes of at least 4 members (excludes halogenated alkanes) is 1. The number of aromatic nitrogens is 2. The summed E-state index contributed by atoms with van der Waals surface area (Å²) in [6, 6.07) is 9.72. The monoisotopic (exact) mass is 505 g/mol. The van der Waals surface area contributed by atoms with Gasteiger partial charge in [0, 0.05) is 68.3 Å². The Bertz CT molecular complexity index is 1090. The zero-order valence-electron chi connectivity index (χ0n) is 23.1. The molecule has 2 aliphatic rings. The van der Waals surface area contributed by atoms with Gasteiger partial charge in [-0.15, -0.1) is 0 Å². The predicted molar refractivity (Wildman–Crippen MR) is 150 cm³/mol. The largest absolute Gasteiger partial charge is 0.354 e. The van der Waals surface area contributed by atoms with Gasteiger partial charge in [-0.2, -0.15) is 0 Å². The van der Waals surface area contributed by atoms with E-state index >= 15 is 0 Å². The first-order valence-electron chi connectivity index (χ1n) is 14.0. The zero-order chi connectivity index (χ0) is 26.4. The van der Waals surface area contributed by atoms with Gasteiger partial charge in [-0.05, 0) is 44.4 Å². The van der Waals surface area contributed by atoms with E-state index in [1.54, 1.807) is 0 Å². The van der Waals surface area contributed by atoms with Crippen molar-refractivity contribution in [2.24, 2.45) is 0 Å². The maximum Gasteiger partial charge on any atom is 0.226 e. The molecule has 7 nitrogen and oxygen atoms in total. The van der Waals surface area contributed by atoms with Crippen molar-refractivity contribution < 1.29 is 9.59 Å². The lowest BCUT2D eigenvalue weighted by atomic mass is 9.95. The van der Waals surface area contributed by atoms with E-state index in [9.17, 15) is 9.59 Å². The molecule has 1 saturated heterocycles. The average Bonchev–Trinajstić information content (AvgIpc) is 3.05. The third-order valence-electron chi connectivity index (χ3n) is 7.34. The summed E-state index contributed by atoms with van der Waals surface area (Å²) in [6.45, 7) is 14.3. The number of carbonyl (C=O) groups is 2. The summed E-state index contributed by atoms with van der Waals surface area (Å²) >= 11 is 0. The van der Waals surface area contributed by atoms with Crippen LogP contribution in [0.4, 0.5) is 11.5 Å². The molecule has 0 N–H and O–H groups in total. The maximum atomic E-state index is 13.0. The molecule has 0 unspecified atom stereocenters. The molecule has 1 aromatic heterocycles. The van der Waals surface area contributed by atoms with Crippen LogP contribution in [0.3, 0.4) is 0 Å². The third kappa shape index (κ3) is 6.95. The number of Topliss-reactive ketones (excluding diaryl/α,β-unsaturated/α-hetero) is 1. The lowest BCUT2D eigenvalue weighted by molar-refractivity contribution is -0.118. The van der Waals surface area contributed by atoms with E-state index in [1.165, 1.54) is 0 Å². The van der Waals surface area contributed by atoms with Crippen molar-refractivity contribution in [3.8, 4) is 0 Å². The molecule has 37 heavy (non-hydrogen) atoms. The van der Waals surface area contributed by atoms with E-state index in [2.05, 4.69) is 43.6 Å². The number of fused-ring (bicyclic) bond motifs is 1. The van der Waals surface area contributed by atoms with E-state index in [4.69, 9.17) is 9.97 Å². The molecule has 0 aliphatic carbocycles. The summed E-state index contributed by atoms with van der Waals surface area (Å²) in [5.74, 6) is 2.26. The Hall–Kier alpha value is -2.80. The van der Waals surface area contributed by atoms with Crippen molar-refractivity contribution in [3.05, 3.63) is 47.4 Å². The van der Waals surface area contributed by atoms with E-state index in [-0.39, 0.29) is 17.1 Å². The minimum absolute atomic E-state index is 0.0668. The minimum atomic E-state index is -0.0668. The SMILES string of the molecule is CCCc1cc(N2CCN(CCCCC(=O)N3CCCC(=O)c4ccccc43)CC2)nc(C(C)(C)C)n1. The fourth-order valence-corrected chi connectivity index (χ4v) is 5.17. The van der Waals surface area contributed by atoms with Crippen LogP contribution in [0.25, 0.3) is 0 Å². The molecule has 0 spiro atoms. The molecule has 0 saturated carbocycles. The number of rotatable bonds is 8. The Labute approximate surface area is 222 Å². The van der Waals surface area contributed by atoms with Crippen molar-refractivity contribution in [2.45, 2.75) is 78.1 Å². The molecule has 0 radical (unpaired) electrons. The number of nitrogens with zero attached hydrogens (tertiary/aromatic N) is 5. The average molecular weight is 506 g/mol. The smallest absolute Gasteiger partial charge is 0.226 e. The van der Waals surface area contributed by atoms with E-state index in [0.717, 1.165) is 87.9 Å². The molecule has 7 heteroatoms. The normalized spacial score (nSPS) is 17.0. The molecule has 4 rings (SSSR count). The summed E-state index contributed by atoms with van der Waals surface area (Å²) in [5.41, 5.74) is 2.54.